The Hall–Kier alpha value is -2.10. The standard InChI is InChI=1S/C15H15F2NO/c1-10-7-13(9-18(3)11(10)2)12-5-4-6-14(8-12)19-15(16)17/h4-9,15H,2H2,1,3H3. The Labute approximate surface area is 111 Å². The van der Waals surface area contributed by atoms with Crippen LogP contribution in [0.4, 0.5) is 8.78 Å². The third kappa shape index (κ3) is 3.02. The van der Waals surface area contributed by atoms with Crippen LogP contribution in [0, 0.1) is 0 Å². The molecule has 19 heavy (non-hydrogen) atoms. The van der Waals surface area contributed by atoms with Crippen LogP contribution in [0.5, 0.6) is 5.75 Å². The van der Waals surface area contributed by atoms with Crippen LogP contribution < -0.4 is 4.74 Å². The van der Waals surface area contributed by atoms with E-state index in [1.165, 1.54) is 6.07 Å². The highest BCUT2D eigenvalue weighted by Gasteiger charge is 2.12. The van der Waals surface area contributed by atoms with Crippen LogP contribution in [0.1, 0.15) is 12.5 Å². The normalized spacial score (nSPS) is 15.4. The first-order chi connectivity index (χ1) is 8.97. The minimum atomic E-state index is -2.81. The van der Waals surface area contributed by atoms with Crippen molar-refractivity contribution < 1.29 is 13.5 Å². The molecule has 0 spiro atoms. The number of hydrogen-bond acceptors (Lipinski definition) is 2. The van der Waals surface area contributed by atoms with Crippen molar-refractivity contribution in [3.05, 3.63) is 60.0 Å². The van der Waals surface area contributed by atoms with E-state index in [2.05, 4.69) is 11.3 Å². The first-order valence-electron chi connectivity index (χ1n) is 5.85. The summed E-state index contributed by atoms with van der Waals surface area (Å²) in [6.45, 7) is 3.10. The molecule has 0 atom stereocenters. The number of halogens is 2. The highest BCUT2D eigenvalue weighted by atomic mass is 19.3. The van der Waals surface area contributed by atoms with Gasteiger partial charge in [0.2, 0.25) is 0 Å². The second-order valence-corrected chi connectivity index (χ2v) is 4.38. The van der Waals surface area contributed by atoms with Crippen LogP contribution >= 0.6 is 0 Å². The lowest BCUT2D eigenvalue weighted by Crippen LogP contribution is -2.14. The maximum Gasteiger partial charge on any atom is 0.387 e. The summed E-state index contributed by atoms with van der Waals surface area (Å²) < 4.78 is 28.8. The van der Waals surface area contributed by atoms with E-state index < -0.39 is 6.61 Å². The lowest BCUT2D eigenvalue weighted by atomic mass is 10.00. The van der Waals surface area contributed by atoms with Gasteiger partial charge < -0.3 is 9.64 Å². The predicted octanol–water partition coefficient (Wildman–Crippen LogP) is 4.03. The Morgan fingerprint density at radius 2 is 2.05 bits per heavy atom. The summed E-state index contributed by atoms with van der Waals surface area (Å²) in [5.41, 5.74) is 3.73. The van der Waals surface area contributed by atoms with Crippen LogP contribution in [-0.2, 0) is 0 Å². The van der Waals surface area contributed by atoms with Crippen LogP contribution in [0.2, 0.25) is 0 Å². The summed E-state index contributed by atoms with van der Waals surface area (Å²) in [7, 11) is 1.90. The van der Waals surface area contributed by atoms with Crippen molar-refractivity contribution in [2.24, 2.45) is 0 Å². The van der Waals surface area contributed by atoms with E-state index in [0.717, 1.165) is 22.4 Å². The van der Waals surface area contributed by atoms with Gasteiger partial charge in [0.25, 0.3) is 0 Å². The highest BCUT2D eigenvalue weighted by molar-refractivity contribution is 5.77. The van der Waals surface area contributed by atoms with Crippen molar-refractivity contribution in [3.8, 4) is 5.75 Å². The van der Waals surface area contributed by atoms with E-state index in [1.54, 1.807) is 12.1 Å². The molecule has 1 aromatic carbocycles. The predicted molar refractivity (Wildman–Crippen MR) is 71.7 cm³/mol. The minimum Gasteiger partial charge on any atom is -0.435 e. The Morgan fingerprint density at radius 1 is 1.32 bits per heavy atom. The van der Waals surface area contributed by atoms with Crippen LogP contribution in [0.3, 0.4) is 0 Å². The number of likely N-dealkylation sites (N-methyl/N-ethyl adjacent to an activating group) is 1. The molecule has 0 N–H and O–H groups in total. The molecule has 0 saturated heterocycles. The van der Waals surface area contributed by atoms with Crippen LogP contribution in [0.15, 0.2) is 54.4 Å². The lowest BCUT2D eigenvalue weighted by Gasteiger charge is -2.24. The molecule has 1 heterocycles. The largest absolute Gasteiger partial charge is 0.435 e. The molecule has 0 radical (unpaired) electrons. The Morgan fingerprint density at radius 3 is 2.68 bits per heavy atom. The Bertz CT molecular complexity index is 561. The van der Waals surface area contributed by atoms with Gasteiger partial charge in [-0.1, -0.05) is 18.7 Å². The molecule has 0 fully saturated rings. The molecule has 0 unspecified atom stereocenters. The second kappa shape index (κ2) is 5.26. The number of nitrogens with zero attached hydrogens (tertiary/aromatic N) is 1. The van der Waals surface area contributed by atoms with E-state index in [9.17, 15) is 8.78 Å². The number of rotatable bonds is 3. The van der Waals surface area contributed by atoms with E-state index in [4.69, 9.17) is 0 Å². The first kappa shape index (κ1) is 13.3. The molecular weight excluding hydrogens is 248 g/mol. The lowest BCUT2D eigenvalue weighted by molar-refractivity contribution is -0.0498. The number of hydrogen-bond donors (Lipinski definition) is 0. The van der Waals surface area contributed by atoms with Crippen molar-refractivity contribution >= 4 is 5.57 Å². The minimum absolute atomic E-state index is 0.159. The average Bonchev–Trinajstić information content (AvgIpc) is 2.35. The van der Waals surface area contributed by atoms with Crippen molar-refractivity contribution in [2.45, 2.75) is 13.5 Å². The van der Waals surface area contributed by atoms with Gasteiger partial charge in [-0.05, 0) is 41.8 Å². The van der Waals surface area contributed by atoms with E-state index in [0.29, 0.717) is 0 Å². The van der Waals surface area contributed by atoms with Crippen molar-refractivity contribution in [1.82, 2.24) is 4.90 Å². The first-order valence-corrected chi connectivity index (χ1v) is 5.85. The molecule has 2 rings (SSSR count). The molecule has 100 valence electrons. The summed E-state index contributed by atoms with van der Waals surface area (Å²) in [5, 5.41) is 0. The molecule has 0 aliphatic carbocycles. The zero-order chi connectivity index (χ0) is 14.0. The van der Waals surface area contributed by atoms with Crippen molar-refractivity contribution in [1.29, 1.82) is 0 Å². The van der Waals surface area contributed by atoms with E-state index in [-0.39, 0.29) is 5.75 Å². The van der Waals surface area contributed by atoms with Crippen molar-refractivity contribution in [3.63, 3.8) is 0 Å². The van der Waals surface area contributed by atoms with Gasteiger partial charge in [-0.3, -0.25) is 0 Å². The SMILES string of the molecule is C=C1C(C)=CC(c2cccc(OC(F)F)c2)=CN1C. The molecule has 2 nitrogen and oxygen atoms in total. The van der Waals surface area contributed by atoms with Gasteiger partial charge in [-0.25, -0.2) is 0 Å². The average molecular weight is 263 g/mol. The number of allylic oxidation sites excluding steroid dienone is 3. The summed E-state index contributed by atoms with van der Waals surface area (Å²) in [5.74, 6) is 0.159. The van der Waals surface area contributed by atoms with Gasteiger partial charge in [0.15, 0.2) is 0 Å². The van der Waals surface area contributed by atoms with E-state index >= 15 is 0 Å². The quantitative estimate of drug-likeness (QED) is 0.816. The maximum atomic E-state index is 12.2. The molecule has 4 heteroatoms. The fourth-order valence-electron chi connectivity index (χ4n) is 1.93. The zero-order valence-corrected chi connectivity index (χ0v) is 10.9. The number of ether oxygens (including phenoxy) is 1. The third-order valence-corrected chi connectivity index (χ3v) is 2.98. The molecule has 0 bridgehead atoms. The summed E-state index contributed by atoms with van der Waals surface area (Å²) in [6, 6.07) is 6.66. The van der Waals surface area contributed by atoms with Gasteiger partial charge >= 0.3 is 6.61 Å². The summed E-state index contributed by atoms with van der Waals surface area (Å²) in [6.07, 6.45) is 3.89. The molecule has 0 saturated carbocycles. The highest BCUT2D eigenvalue weighted by Crippen LogP contribution is 2.29. The molecule has 1 aliphatic rings. The fraction of sp³-hybridized carbons (Fsp3) is 0.200. The topological polar surface area (TPSA) is 12.5 Å². The van der Waals surface area contributed by atoms with Gasteiger partial charge in [0, 0.05) is 18.9 Å². The summed E-state index contributed by atoms with van der Waals surface area (Å²) in [4.78, 5) is 1.91. The summed E-state index contributed by atoms with van der Waals surface area (Å²) >= 11 is 0. The van der Waals surface area contributed by atoms with Gasteiger partial charge in [-0.2, -0.15) is 8.78 Å². The zero-order valence-electron chi connectivity index (χ0n) is 10.9. The van der Waals surface area contributed by atoms with Crippen LogP contribution in [-0.4, -0.2) is 18.6 Å². The smallest absolute Gasteiger partial charge is 0.387 e. The second-order valence-electron chi connectivity index (χ2n) is 4.38. The monoisotopic (exact) mass is 263 g/mol. The van der Waals surface area contributed by atoms with Gasteiger partial charge in [-0.15, -0.1) is 0 Å². The number of benzene rings is 1. The van der Waals surface area contributed by atoms with Gasteiger partial charge in [0.1, 0.15) is 5.75 Å². The fourth-order valence-corrected chi connectivity index (χ4v) is 1.93. The third-order valence-electron chi connectivity index (χ3n) is 2.98. The molecule has 1 aromatic rings. The Kier molecular flexibility index (Phi) is 3.69. The van der Waals surface area contributed by atoms with Crippen molar-refractivity contribution in [2.75, 3.05) is 7.05 Å². The number of alkyl halides is 2. The molecular formula is C15H15F2NO. The molecule has 1 aliphatic heterocycles. The maximum absolute atomic E-state index is 12.2. The van der Waals surface area contributed by atoms with Gasteiger partial charge in [0.05, 0.1) is 0 Å². The Balaban J connectivity index is 2.32. The van der Waals surface area contributed by atoms with E-state index in [1.807, 2.05) is 37.2 Å². The molecule has 0 amide bonds. The molecule has 0 aromatic heterocycles. The van der Waals surface area contributed by atoms with Crippen LogP contribution in [0.25, 0.3) is 5.57 Å².